The number of nitrogens with zero attached hydrogens (tertiary/aromatic N) is 1. The second kappa shape index (κ2) is 5.83. The monoisotopic (exact) mass is 273 g/mol. The van der Waals surface area contributed by atoms with E-state index in [0.29, 0.717) is 18.0 Å². The van der Waals surface area contributed by atoms with E-state index in [1.165, 1.54) is 18.4 Å². The molecule has 1 aliphatic carbocycles. The van der Waals surface area contributed by atoms with Crippen molar-refractivity contribution in [2.45, 2.75) is 37.8 Å². The van der Waals surface area contributed by atoms with Gasteiger partial charge in [0.15, 0.2) is 0 Å². The normalized spacial score (nSPS) is 28.5. The summed E-state index contributed by atoms with van der Waals surface area (Å²) in [6, 6.07) is 9.16. The van der Waals surface area contributed by atoms with Crippen molar-refractivity contribution in [3.63, 3.8) is 0 Å². The van der Waals surface area contributed by atoms with Gasteiger partial charge in [-0.15, -0.1) is 0 Å². The molecule has 0 spiro atoms. The van der Waals surface area contributed by atoms with Crippen molar-refractivity contribution in [1.82, 2.24) is 5.32 Å². The minimum absolute atomic E-state index is 0.457. The Bertz CT molecular complexity index is 500. The van der Waals surface area contributed by atoms with Crippen LogP contribution in [0.5, 0.6) is 5.75 Å². The van der Waals surface area contributed by atoms with E-state index in [0.717, 1.165) is 31.0 Å². The van der Waals surface area contributed by atoms with Crippen LogP contribution in [0.25, 0.3) is 0 Å². The molecule has 1 heterocycles. The van der Waals surface area contributed by atoms with Gasteiger partial charge in [-0.3, -0.25) is 4.99 Å². The highest BCUT2D eigenvalue weighted by Crippen LogP contribution is 2.29. The van der Waals surface area contributed by atoms with Crippen LogP contribution < -0.4 is 15.8 Å². The number of hydrogen-bond acceptors (Lipinski definition) is 4. The van der Waals surface area contributed by atoms with Crippen molar-refractivity contribution in [3.8, 4) is 5.75 Å². The molecular weight excluding hydrogens is 250 g/mol. The van der Waals surface area contributed by atoms with Gasteiger partial charge in [-0.2, -0.15) is 0 Å². The molecule has 1 aliphatic heterocycles. The van der Waals surface area contributed by atoms with Crippen LogP contribution >= 0.6 is 0 Å². The predicted molar refractivity (Wildman–Crippen MR) is 81.2 cm³/mol. The summed E-state index contributed by atoms with van der Waals surface area (Å²) in [4.78, 5) is 4.85. The van der Waals surface area contributed by atoms with Crippen LogP contribution in [0, 0.1) is 5.92 Å². The summed E-state index contributed by atoms with van der Waals surface area (Å²) >= 11 is 0. The average molecular weight is 273 g/mol. The van der Waals surface area contributed by atoms with Gasteiger partial charge in [0.2, 0.25) is 0 Å². The van der Waals surface area contributed by atoms with Crippen LogP contribution in [0.4, 0.5) is 0 Å². The molecule has 0 saturated heterocycles. The molecule has 2 aliphatic rings. The Balaban J connectivity index is 1.64. The van der Waals surface area contributed by atoms with Gasteiger partial charge in [-0.1, -0.05) is 12.1 Å². The van der Waals surface area contributed by atoms with Crippen molar-refractivity contribution >= 4 is 5.84 Å². The number of nitrogens with two attached hydrogens (primary N) is 1. The van der Waals surface area contributed by atoms with E-state index in [1.54, 1.807) is 7.11 Å². The topological polar surface area (TPSA) is 59.6 Å². The first-order valence-corrected chi connectivity index (χ1v) is 7.44. The van der Waals surface area contributed by atoms with E-state index >= 15 is 0 Å². The van der Waals surface area contributed by atoms with Crippen molar-refractivity contribution in [1.29, 1.82) is 0 Å². The third kappa shape index (κ3) is 2.80. The van der Waals surface area contributed by atoms with Gasteiger partial charge in [0.25, 0.3) is 0 Å². The van der Waals surface area contributed by atoms with Crippen LogP contribution in [-0.4, -0.2) is 31.6 Å². The van der Waals surface area contributed by atoms with E-state index < -0.39 is 0 Å². The Hall–Kier alpha value is -1.55. The molecular formula is C16H23N3O. The average Bonchev–Trinajstić information content (AvgIpc) is 2.88. The molecule has 4 heteroatoms. The fourth-order valence-electron chi connectivity index (χ4n) is 3.29. The summed E-state index contributed by atoms with van der Waals surface area (Å²) < 4.78 is 5.27. The van der Waals surface area contributed by atoms with Gasteiger partial charge in [0.1, 0.15) is 11.6 Å². The lowest BCUT2D eigenvalue weighted by Gasteiger charge is -2.29. The zero-order valence-corrected chi connectivity index (χ0v) is 12.0. The Labute approximate surface area is 120 Å². The van der Waals surface area contributed by atoms with Crippen molar-refractivity contribution in [3.05, 3.63) is 29.8 Å². The Morgan fingerprint density at radius 2 is 2.30 bits per heavy atom. The Morgan fingerprint density at radius 3 is 3.10 bits per heavy atom. The molecule has 3 unspecified atom stereocenters. The van der Waals surface area contributed by atoms with E-state index in [9.17, 15) is 0 Å². The molecule has 0 radical (unpaired) electrons. The molecule has 3 rings (SSSR count). The number of nitrogens with one attached hydrogen (secondary N) is 1. The van der Waals surface area contributed by atoms with Gasteiger partial charge < -0.3 is 15.8 Å². The fourth-order valence-corrected chi connectivity index (χ4v) is 3.29. The summed E-state index contributed by atoms with van der Waals surface area (Å²) in [6.07, 6.45) is 4.40. The molecule has 1 aromatic rings. The molecule has 0 amide bonds. The minimum atomic E-state index is 0.457. The van der Waals surface area contributed by atoms with Gasteiger partial charge in [-0.05, 0) is 49.4 Å². The maximum atomic E-state index is 5.80. The van der Waals surface area contributed by atoms with Gasteiger partial charge in [-0.25, -0.2) is 0 Å². The smallest absolute Gasteiger partial charge is 0.119 e. The molecule has 0 aromatic heterocycles. The second-order valence-electron chi connectivity index (χ2n) is 5.84. The minimum Gasteiger partial charge on any atom is -0.497 e. The quantitative estimate of drug-likeness (QED) is 0.878. The van der Waals surface area contributed by atoms with E-state index in [2.05, 4.69) is 17.4 Å². The number of aliphatic imine (C=N–C) groups is 1. The molecule has 4 nitrogen and oxygen atoms in total. The van der Waals surface area contributed by atoms with Crippen molar-refractivity contribution in [2.24, 2.45) is 16.6 Å². The van der Waals surface area contributed by atoms with Crippen LogP contribution in [0.15, 0.2) is 29.3 Å². The molecule has 108 valence electrons. The largest absolute Gasteiger partial charge is 0.497 e. The first-order valence-electron chi connectivity index (χ1n) is 7.44. The number of fused-ring (bicyclic) bond motifs is 1. The van der Waals surface area contributed by atoms with Crippen molar-refractivity contribution in [2.75, 3.05) is 13.7 Å². The molecule has 1 aromatic carbocycles. The first-order chi connectivity index (χ1) is 9.78. The molecule has 3 atom stereocenters. The lowest BCUT2D eigenvalue weighted by Crippen LogP contribution is -2.41. The fraction of sp³-hybridized carbons (Fsp3) is 0.562. The van der Waals surface area contributed by atoms with Gasteiger partial charge >= 0.3 is 0 Å². The third-order valence-corrected chi connectivity index (χ3v) is 4.44. The van der Waals surface area contributed by atoms with Crippen LogP contribution in [-0.2, 0) is 6.42 Å². The van der Waals surface area contributed by atoms with Crippen LogP contribution in [0.3, 0.4) is 0 Å². The Morgan fingerprint density at radius 1 is 1.40 bits per heavy atom. The summed E-state index contributed by atoms with van der Waals surface area (Å²) in [5.41, 5.74) is 7.04. The number of methoxy groups -OCH3 is 1. The van der Waals surface area contributed by atoms with E-state index in [4.69, 9.17) is 15.5 Å². The van der Waals surface area contributed by atoms with E-state index in [1.807, 2.05) is 12.1 Å². The maximum absolute atomic E-state index is 5.80. The lowest BCUT2D eigenvalue weighted by molar-refractivity contribution is 0.294. The summed E-state index contributed by atoms with van der Waals surface area (Å²) in [5, 5.41) is 3.60. The predicted octanol–water partition coefficient (Wildman–Crippen LogP) is 1.74. The summed E-state index contributed by atoms with van der Waals surface area (Å²) in [6.45, 7) is 0.802. The number of benzene rings is 1. The summed E-state index contributed by atoms with van der Waals surface area (Å²) in [5.74, 6) is 2.68. The van der Waals surface area contributed by atoms with Crippen molar-refractivity contribution < 1.29 is 4.74 Å². The molecule has 20 heavy (non-hydrogen) atoms. The molecule has 3 N–H and O–H groups in total. The summed E-state index contributed by atoms with van der Waals surface area (Å²) in [7, 11) is 1.70. The second-order valence-corrected chi connectivity index (χ2v) is 5.84. The van der Waals surface area contributed by atoms with E-state index in [-0.39, 0.29) is 0 Å². The number of rotatable bonds is 4. The highest BCUT2D eigenvalue weighted by Gasteiger charge is 2.34. The highest BCUT2D eigenvalue weighted by molar-refractivity contribution is 5.86. The molecule has 1 fully saturated rings. The number of amidine groups is 1. The van der Waals surface area contributed by atoms with Gasteiger partial charge in [0.05, 0.1) is 13.2 Å². The SMILES string of the molecule is COc1cccc(CC2=NC3CCC(CN)CC3N2)c1. The Kier molecular flexibility index (Phi) is 3.92. The zero-order chi connectivity index (χ0) is 13.9. The maximum Gasteiger partial charge on any atom is 0.119 e. The lowest BCUT2D eigenvalue weighted by atomic mass is 9.83. The van der Waals surface area contributed by atoms with Crippen LogP contribution in [0.2, 0.25) is 0 Å². The highest BCUT2D eigenvalue weighted by atomic mass is 16.5. The molecule has 1 saturated carbocycles. The standard InChI is InChI=1S/C16H23N3O/c1-20-13-4-2-3-11(7-13)9-16-18-14-6-5-12(10-17)8-15(14)19-16/h2-4,7,12,14-15H,5-6,8-10,17H2,1H3,(H,18,19). The zero-order valence-electron chi connectivity index (χ0n) is 12.0. The van der Waals surface area contributed by atoms with Gasteiger partial charge in [0, 0.05) is 12.5 Å². The first kappa shape index (κ1) is 13.4. The number of hydrogen-bond donors (Lipinski definition) is 2. The third-order valence-electron chi connectivity index (χ3n) is 4.44. The number of ether oxygens (including phenoxy) is 1. The van der Waals surface area contributed by atoms with Crippen LogP contribution in [0.1, 0.15) is 24.8 Å². The molecule has 0 bridgehead atoms.